The molecule has 0 aromatic rings. The molecule has 3 aliphatic rings. The number of epoxide rings is 1. The first-order chi connectivity index (χ1) is 6.89. The van der Waals surface area contributed by atoms with E-state index in [9.17, 15) is 5.11 Å². The Morgan fingerprint density at radius 2 is 2.00 bits per heavy atom. The van der Waals surface area contributed by atoms with E-state index < -0.39 is 5.60 Å². The summed E-state index contributed by atoms with van der Waals surface area (Å²) in [6.45, 7) is 7.85. The SMILES string of the molecule is CC1(C)[C@@H]2CC[C@@]1(C)[C@@](O)(C[C@@H]1CO1)C2. The summed E-state index contributed by atoms with van der Waals surface area (Å²) < 4.78 is 5.30. The zero-order chi connectivity index (χ0) is 10.9. The van der Waals surface area contributed by atoms with Crippen LogP contribution < -0.4 is 0 Å². The minimum absolute atomic E-state index is 0.108. The molecule has 2 bridgehead atoms. The van der Waals surface area contributed by atoms with E-state index in [0.717, 1.165) is 19.4 Å². The molecule has 0 aromatic carbocycles. The van der Waals surface area contributed by atoms with Gasteiger partial charge < -0.3 is 9.84 Å². The van der Waals surface area contributed by atoms with Gasteiger partial charge in [-0.3, -0.25) is 0 Å². The highest BCUT2D eigenvalue weighted by Crippen LogP contribution is 2.70. The highest BCUT2D eigenvalue weighted by molar-refractivity contribution is 5.18. The molecule has 3 rings (SSSR count). The van der Waals surface area contributed by atoms with Crippen LogP contribution in [0.5, 0.6) is 0 Å². The van der Waals surface area contributed by atoms with Gasteiger partial charge in [0.15, 0.2) is 0 Å². The molecule has 4 atom stereocenters. The lowest BCUT2D eigenvalue weighted by molar-refractivity contribution is -0.0980. The van der Waals surface area contributed by atoms with Gasteiger partial charge in [-0.25, -0.2) is 0 Å². The number of aliphatic hydroxyl groups is 1. The third-order valence-corrected chi connectivity index (χ3v) is 6.01. The van der Waals surface area contributed by atoms with Crippen molar-refractivity contribution in [2.24, 2.45) is 16.7 Å². The van der Waals surface area contributed by atoms with E-state index in [1.54, 1.807) is 0 Å². The quantitative estimate of drug-likeness (QED) is 0.710. The molecule has 2 nitrogen and oxygen atoms in total. The summed E-state index contributed by atoms with van der Waals surface area (Å²) in [5, 5.41) is 10.9. The molecule has 3 fully saturated rings. The Bertz CT molecular complexity index is 295. The summed E-state index contributed by atoms with van der Waals surface area (Å²) >= 11 is 0. The fourth-order valence-corrected chi connectivity index (χ4v) is 4.29. The van der Waals surface area contributed by atoms with Gasteiger partial charge in [0.2, 0.25) is 0 Å². The van der Waals surface area contributed by atoms with Crippen LogP contribution in [-0.2, 0) is 4.74 Å². The Morgan fingerprint density at radius 1 is 1.33 bits per heavy atom. The van der Waals surface area contributed by atoms with E-state index in [-0.39, 0.29) is 5.41 Å². The van der Waals surface area contributed by atoms with Crippen LogP contribution in [0.4, 0.5) is 0 Å². The summed E-state index contributed by atoms with van der Waals surface area (Å²) in [6, 6.07) is 0. The van der Waals surface area contributed by atoms with Crippen molar-refractivity contribution in [3.63, 3.8) is 0 Å². The second-order valence-electron chi connectivity index (χ2n) is 6.68. The minimum Gasteiger partial charge on any atom is -0.389 e. The molecule has 86 valence electrons. The smallest absolute Gasteiger partial charge is 0.0837 e. The molecule has 0 aromatic heterocycles. The average molecular weight is 210 g/mol. The number of fused-ring (bicyclic) bond motifs is 2. The van der Waals surface area contributed by atoms with Crippen LogP contribution in [0.3, 0.4) is 0 Å². The maximum absolute atomic E-state index is 10.9. The molecule has 0 unspecified atom stereocenters. The average Bonchev–Trinajstić information content (AvgIpc) is 2.87. The molecule has 0 spiro atoms. The van der Waals surface area contributed by atoms with E-state index in [0.29, 0.717) is 17.4 Å². The molecule has 1 heterocycles. The Labute approximate surface area is 92.0 Å². The van der Waals surface area contributed by atoms with E-state index in [1.165, 1.54) is 12.8 Å². The maximum atomic E-state index is 10.9. The largest absolute Gasteiger partial charge is 0.389 e. The van der Waals surface area contributed by atoms with E-state index in [4.69, 9.17) is 4.74 Å². The maximum Gasteiger partial charge on any atom is 0.0837 e. The Morgan fingerprint density at radius 3 is 2.40 bits per heavy atom. The Kier molecular flexibility index (Phi) is 1.75. The summed E-state index contributed by atoms with van der Waals surface area (Å²) in [5.74, 6) is 0.714. The molecule has 1 saturated heterocycles. The second kappa shape index (κ2) is 2.60. The van der Waals surface area contributed by atoms with Crippen LogP contribution >= 0.6 is 0 Å². The minimum atomic E-state index is -0.458. The summed E-state index contributed by atoms with van der Waals surface area (Å²) in [7, 11) is 0. The van der Waals surface area contributed by atoms with Crippen molar-refractivity contribution in [3.05, 3.63) is 0 Å². The van der Waals surface area contributed by atoms with Crippen molar-refractivity contribution in [1.29, 1.82) is 0 Å². The third kappa shape index (κ3) is 1.07. The van der Waals surface area contributed by atoms with Crippen molar-refractivity contribution in [2.75, 3.05) is 6.61 Å². The monoisotopic (exact) mass is 210 g/mol. The lowest BCUT2D eigenvalue weighted by atomic mass is 9.63. The first-order valence-corrected chi connectivity index (χ1v) is 6.23. The van der Waals surface area contributed by atoms with E-state index >= 15 is 0 Å². The van der Waals surface area contributed by atoms with Gasteiger partial charge >= 0.3 is 0 Å². The van der Waals surface area contributed by atoms with Gasteiger partial charge in [-0.1, -0.05) is 20.8 Å². The van der Waals surface area contributed by atoms with Crippen molar-refractivity contribution >= 4 is 0 Å². The summed E-state index contributed by atoms with van der Waals surface area (Å²) in [5.41, 5.74) is -0.0478. The molecule has 1 N–H and O–H groups in total. The second-order valence-corrected chi connectivity index (χ2v) is 6.68. The molecule has 0 amide bonds. The normalized spacial score (nSPS) is 56.0. The molecular formula is C13H22O2. The van der Waals surface area contributed by atoms with Crippen molar-refractivity contribution in [2.45, 2.75) is 58.2 Å². The molecule has 2 saturated carbocycles. The lowest BCUT2D eigenvalue weighted by Gasteiger charge is -2.45. The van der Waals surface area contributed by atoms with Gasteiger partial charge in [-0.05, 0) is 30.6 Å². The Balaban J connectivity index is 1.93. The molecular weight excluding hydrogens is 188 g/mol. The van der Waals surface area contributed by atoms with Crippen LogP contribution in [0.2, 0.25) is 0 Å². The van der Waals surface area contributed by atoms with Gasteiger partial charge in [0.05, 0.1) is 18.3 Å². The van der Waals surface area contributed by atoms with Crippen LogP contribution in [0, 0.1) is 16.7 Å². The molecule has 15 heavy (non-hydrogen) atoms. The summed E-state index contributed by atoms with van der Waals surface area (Å²) in [6.07, 6.45) is 4.70. The predicted molar refractivity (Wildman–Crippen MR) is 58.5 cm³/mol. The first-order valence-electron chi connectivity index (χ1n) is 6.23. The Hall–Kier alpha value is -0.0800. The zero-order valence-electron chi connectivity index (χ0n) is 10.0. The number of ether oxygens (including phenoxy) is 1. The zero-order valence-corrected chi connectivity index (χ0v) is 10.0. The van der Waals surface area contributed by atoms with Crippen LogP contribution in [0.1, 0.15) is 46.5 Å². The van der Waals surface area contributed by atoms with Gasteiger partial charge in [-0.15, -0.1) is 0 Å². The van der Waals surface area contributed by atoms with Crippen LogP contribution in [0.15, 0.2) is 0 Å². The van der Waals surface area contributed by atoms with Crippen molar-refractivity contribution < 1.29 is 9.84 Å². The molecule has 1 aliphatic heterocycles. The molecule has 2 aliphatic carbocycles. The van der Waals surface area contributed by atoms with E-state index in [1.807, 2.05) is 0 Å². The van der Waals surface area contributed by atoms with Crippen LogP contribution in [0.25, 0.3) is 0 Å². The fourth-order valence-electron chi connectivity index (χ4n) is 4.29. The van der Waals surface area contributed by atoms with Crippen LogP contribution in [-0.4, -0.2) is 23.4 Å². The standard InChI is InChI=1S/C13H22O2/c1-11(2)9-4-5-12(11,3)13(14,6-9)7-10-8-15-10/h9-10,14H,4-8H2,1-3H3/t9-,10-,12-,13+/m1/s1. The van der Waals surface area contributed by atoms with Gasteiger partial charge in [0.1, 0.15) is 0 Å². The van der Waals surface area contributed by atoms with Crippen molar-refractivity contribution in [1.82, 2.24) is 0 Å². The topological polar surface area (TPSA) is 32.8 Å². The lowest BCUT2D eigenvalue weighted by Crippen LogP contribution is -2.48. The molecule has 0 radical (unpaired) electrons. The number of hydrogen-bond donors (Lipinski definition) is 1. The van der Waals surface area contributed by atoms with E-state index in [2.05, 4.69) is 20.8 Å². The highest BCUT2D eigenvalue weighted by atomic mass is 16.6. The third-order valence-electron chi connectivity index (χ3n) is 6.01. The summed E-state index contributed by atoms with van der Waals surface area (Å²) in [4.78, 5) is 0. The van der Waals surface area contributed by atoms with Gasteiger partial charge in [0, 0.05) is 11.8 Å². The number of rotatable bonds is 2. The van der Waals surface area contributed by atoms with Crippen molar-refractivity contribution in [3.8, 4) is 0 Å². The number of hydrogen-bond acceptors (Lipinski definition) is 2. The predicted octanol–water partition coefficient (Wildman–Crippen LogP) is 2.35. The molecule has 2 heteroatoms. The van der Waals surface area contributed by atoms with Gasteiger partial charge in [0.25, 0.3) is 0 Å². The highest BCUT2D eigenvalue weighted by Gasteiger charge is 2.68. The first kappa shape index (κ1) is 10.1. The van der Waals surface area contributed by atoms with Gasteiger partial charge in [-0.2, -0.15) is 0 Å². The fraction of sp³-hybridized carbons (Fsp3) is 1.00.